The van der Waals surface area contributed by atoms with Gasteiger partial charge in [-0.25, -0.2) is 0 Å². The summed E-state index contributed by atoms with van der Waals surface area (Å²) in [6, 6.07) is 0. The maximum atomic E-state index is 12.7. The molecule has 0 bridgehead atoms. The van der Waals surface area contributed by atoms with Gasteiger partial charge in [0.15, 0.2) is 5.69 Å². The summed E-state index contributed by atoms with van der Waals surface area (Å²) in [7, 11) is 0. The second-order valence-electron chi connectivity index (χ2n) is 6.33. The molecule has 2 aliphatic rings. The van der Waals surface area contributed by atoms with Crippen molar-refractivity contribution in [1.82, 2.24) is 10.1 Å². The molecule has 1 N–H and O–H groups in total. The molecule has 1 aromatic heterocycles. The summed E-state index contributed by atoms with van der Waals surface area (Å²) >= 11 is 0. The SMILES string of the molecule is O=C(O)CC1CCN(C(=O)c2noc3c2CCCCC3)CC1. The van der Waals surface area contributed by atoms with Crippen LogP contribution < -0.4 is 0 Å². The highest BCUT2D eigenvalue weighted by Crippen LogP contribution is 2.26. The number of rotatable bonds is 3. The van der Waals surface area contributed by atoms with Gasteiger partial charge in [0, 0.05) is 31.5 Å². The summed E-state index contributed by atoms with van der Waals surface area (Å²) in [6.07, 6.45) is 6.77. The van der Waals surface area contributed by atoms with E-state index in [0.717, 1.165) is 49.8 Å². The summed E-state index contributed by atoms with van der Waals surface area (Å²) in [5, 5.41) is 12.9. The Labute approximate surface area is 129 Å². The minimum Gasteiger partial charge on any atom is -0.481 e. The van der Waals surface area contributed by atoms with Crippen LogP contribution in [0.1, 0.15) is 60.3 Å². The quantitative estimate of drug-likeness (QED) is 0.866. The average Bonchev–Trinajstić information content (AvgIpc) is 2.75. The van der Waals surface area contributed by atoms with Crippen LogP contribution in [0.3, 0.4) is 0 Å². The summed E-state index contributed by atoms with van der Waals surface area (Å²) in [4.78, 5) is 25.2. The number of carboxylic acids is 1. The topological polar surface area (TPSA) is 83.6 Å². The Morgan fingerprint density at radius 1 is 1.18 bits per heavy atom. The lowest BCUT2D eigenvalue weighted by Gasteiger charge is -2.31. The smallest absolute Gasteiger partial charge is 0.303 e. The monoisotopic (exact) mass is 306 g/mol. The molecule has 6 nitrogen and oxygen atoms in total. The van der Waals surface area contributed by atoms with E-state index in [2.05, 4.69) is 5.16 Å². The van der Waals surface area contributed by atoms with Gasteiger partial charge in [-0.05, 0) is 38.0 Å². The average molecular weight is 306 g/mol. The standard InChI is InChI=1S/C16H22N2O4/c19-14(20)10-11-6-8-18(9-7-11)16(21)15-12-4-2-1-3-5-13(12)22-17-15/h11H,1-10H2,(H,19,20). The van der Waals surface area contributed by atoms with Gasteiger partial charge < -0.3 is 14.5 Å². The van der Waals surface area contributed by atoms with Crippen molar-refractivity contribution in [1.29, 1.82) is 0 Å². The Morgan fingerprint density at radius 3 is 2.64 bits per heavy atom. The Bertz CT molecular complexity index is 558. The molecular weight excluding hydrogens is 284 g/mol. The van der Waals surface area contributed by atoms with E-state index in [1.54, 1.807) is 4.90 Å². The van der Waals surface area contributed by atoms with Crippen LogP contribution in [0.15, 0.2) is 4.52 Å². The zero-order chi connectivity index (χ0) is 15.5. The molecule has 6 heteroatoms. The molecule has 0 aromatic carbocycles. The molecule has 3 rings (SSSR count). The first-order valence-electron chi connectivity index (χ1n) is 8.13. The number of nitrogens with zero attached hydrogens (tertiary/aromatic N) is 2. The number of carboxylic acid groups (broad SMARTS) is 1. The Balaban J connectivity index is 1.65. The van der Waals surface area contributed by atoms with Crippen LogP contribution >= 0.6 is 0 Å². The highest BCUT2D eigenvalue weighted by Gasteiger charge is 2.30. The van der Waals surface area contributed by atoms with Crippen molar-refractivity contribution >= 4 is 11.9 Å². The number of fused-ring (bicyclic) bond motifs is 1. The van der Waals surface area contributed by atoms with Crippen molar-refractivity contribution in [2.75, 3.05) is 13.1 Å². The van der Waals surface area contributed by atoms with E-state index in [4.69, 9.17) is 9.63 Å². The van der Waals surface area contributed by atoms with Gasteiger partial charge >= 0.3 is 5.97 Å². The third-order valence-electron chi connectivity index (χ3n) is 4.77. The number of aromatic nitrogens is 1. The molecule has 0 saturated carbocycles. The molecule has 120 valence electrons. The molecular formula is C16H22N2O4. The Morgan fingerprint density at radius 2 is 1.91 bits per heavy atom. The molecule has 0 unspecified atom stereocenters. The van der Waals surface area contributed by atoms with E-state index < -0.39 is 5.97 Å². The van der Waals surface area contributed by atoms with E-state index in [-0.39, 0.29) is 18.2 Å². The predicted molar refractivity (Wildman–Crippen MR) is 78.6 cm³/mol. The molecule has 0 radical (unpaired) electrons. The van der Waals surface area contributed by atoms with E-state index in [1.165, 1.54) is 6.42 Å². The molecule has 1 amide bonds. The Kier molecular flexibility index (Phi) is 4.45. The molecule has 1 aliphatic carbocycles. The molecule has 0 spiro atoms. The number of aryl methyl sites for hydroxylation is 1. The lowest BCUT2D eigenvalue weighted by atomic mass is 9.93. The summed E-state index contributed by atoms with van der Waals surface area (Å²) in [5.74, 6) is 0.241. The van der Waals surface area contributed by atoms with Gasteiger partial charge in [0.1, 0.15) is 5.76 Å². The number of amides is 1. The molecule has 22 heavy (non-hydrogen) atoms. The van der Waals surface area contributed by atoms with Crippen molar-refractivity contribution in [2.24, 2.45) is 5.92 Å². The van der Waals surface area contributed by atoms with E-state index in [1.807, 2.05) is 0 Å². The van der Waals surface area contributed by atoms with Crippen LogP contribution in [-0.4, -0.2) is 40.1 Å². The molecule has 0 atom stereocenters. The highest BCUT2D eigenvalue weighted by atomic mass is 16.5. The maximum Gasteiger partial charge on any atom is 0.303 e. The van der Waals surface area contributed by atoms with Crippen molar-refractivity contribution in [2.45, 2.75) is 51.4 Å². The third-order valence-corrected chi connectivity index (χ3v) is 4.77. The molecule has 2 heterocycles. The lowest BCUT2D eigenvalue weighted by Crippen LogP contribution is -2.39. The van der Waals surface area contributed by atoms with Crippen molar-refractivity contribution in [3.8, 4) is 0 Å². The second kappa shape index (κ2) is 6.50. The summed E-state index contributed by atoms with van der Waals surface area (Å²) in [5.41, 5.74) is 1.48. The van der Waals surface area contributed by atoms with E-state index in [0.29, 0.717) is 18.8 Å². The largest absolute Gasteiger partial charge is 0.481 e. The van der Waals surface area contributed by atoms with Gasteiger partial charge in [-0.3, -0.25) is 9.59 Å². The second-order valence-corrected chi connectivity index (χ2v) is 6.33. The molecule has 1 aliphatic heterocycles. The first-order chi connectivity index (χ1) is 10.6. The Hall–Kier alpha value is -1.85. The number of likely N-dealkylation sites (tertiary alicyclic amines) is 1. The highest BCUT2D eigenvalue weighted by molar-refractivity contribution is 5.94. The zero-order valence-electron chi connectivity index (χ0n) is 12.7. The van der Waals surface area contributed by atoms with Crippen molar-refractivity contribution in [3.63, 3.8) is 0 Å². The van der Waals surface area contributed by atoms with Gasteiger partial charge in [0.05, 0.1) is 0 Å². The van der Waals surface area contributed by atoms with Gasteiger partial charge in [-0.1, -0.05) is 11.6 Å². The number of aliphatic carboxylic acids is 1. The van der Waals surface area contributed by atoms with Gasteiger partial charge in [0.2, 0.25) is 0 Å². The summed E-state index contributed by atoms with van der Waals surface area (Å²) < 4.78 is 5.38. The predicted octanol–water partition coefficient (Wildman–Crippen LogP) is 2.27. The number of carbonyl (C=O) groups excluding carboxylic acids is 1. The fourth-order valence-corrected chi connectivity index (χ4v) is 3.47. The van der Waals surface area contributed by atoms with Crippen LogP contribution in [0.2, 0.25) is 0 Å². The van der Waals surface area contributed by atoms with Crippen LogP contribution in [0.4, 0.5) is 0 Å². The van der Waals surface area contributed by atoms with Crippen molar-refractivity contribution in [3.05, 3.63) is 17.0 Å². The van der Waals surface area contributed by atoms with E-state index in [9.17, 15) is 9.59 Å². The zero-order valence-corrected chi connectivity index (χ0v) is 12.7. The summed E-state index contributed by atoms with van der Waals surface area (Å²) in [6.45, 7) is 1.22. The van der Waals surface area contributed by atoms with Crippen LogP contribution in [0.25, 0.3) is 0 Å². The maximum absolute atomic E-state index is 12.7. The molecule has 1 aromatic rings. The fraction of sp³-hybridized carbons (Fsp3) is 0.688. The van der Waals surface area contributed by atoms with Gasteiger partial charge in [-0.15, -0.1) is 0 Å². The van der Waals surface area contributed by atoms with Crippen LogP contribution in [-0.2, 0) is 17.6 Å². The minimum atomic E-state index is -0.758. The van der Waals surface area contributed by atoms with Gasteiger partial charge in [-0.2, -0.15) is 0 Å². The minimum absolute atomic E-state index is 0.0549. The first kappa shape index (κ1) is 15.1. The number of piperidine rings is 1. The van der Waals surface area contributed by atoms with Crippen molar-refractivity contribution < 1.29 is 19.2 Å². The third kappa shape index (κ3) is 3.15. The van der Waals surface area contributed by atoms with Gasteiger partial charge in [0.25, 0.3) is 5.91 Å². The van der Waals surface area contributed by atoms with Crippen LogP contribution in [0, 0.1) is 5.92 Å². The normalized spacial score (nSPS) is 19.5. The number of hydrogen-bond donors (Lipinski definition) is 1. The molecule has 1 fully saturated rings. The lowest BCUT2D eigenvalue weighted by molar-refractivity contribution is -0.138. The molecule has 1 saturated heterocycles. The van der Waals surface area contributed by atoms with E-state index >= 15 is 0 Å². The van der Waals surface area contributed by atoms with Crippen LogP contribution in [0.5, 0.6) is 0 Å². The fourth-order valence-electron chi connectivity index (χ4n) is 3.47. The number of carbonyl (C=O) groups is 2. The first-order valence-corrected chi connectivity index (χ1v) is 8.13. The number of hydrogen-bond acceptors (Lipinski definition) is 4.